The van der Waals surface area contributed by atoms with E-state index in [2.05, 4.69) is 9.97 Å². The third-order valence-electron chi connectivity index (χ3n) is 4.64. The first-order valence-corrected chi connectivity index (χ1v) is 7.95. The standard InChI is InChI=1S/C19H18N2O3/c1-4-24-19(23)18-10(3)15-9(2)17-11(8-13(15)21-18)16-12(20-17)6-5-7-14(16)22/h5-8,20-22H,4H2,1-3H3. The summed E-state index contributed by atoms with van der Waals surface area (Å²) >= 11 is 0. The van der Waals surface area contributed by atoms with Crippen molar-refractivity contribution >= 4 is 38.7 Å². The molecule has 0 saturated carbocycles. The van der Waals surface area contributed by atoms with Gasteiger partial charge in [0.1, 0.15) is 11.4 Å². The van der Waals surface area contributed by atoms with Crippen LogP contribution in [0.15, 0.2) is 24.3 Å². The highest BCUT2D eigenvalue weighted by Gasteiger charge is 2.20. The second-order valence-electron chi connectivity index (χ2n) is 6.02. The number of phenolic OH excluding ortho intramolecular Hbond substituents is 1. The van der Waals surface area contributed by atoms with Gasteiger partial charge in [0.15, 0.2) is 0 Å². The molecule has 4 aromatic rings. The minimum Gasteiger partial charge on any atom is -0.507 e. The maximum atomic E-state index is 12.1. The van der Waals surface area contributed by atoms with Gasteiger partial charge in [0, 0.05) is 21.7 Å². The fraction of sp³-hybridized carbons (Fsp3) is 0.211. The largest absolute Gasteiger partial charge is 0.507 e. The Hall–Kier alpha value is -2.95. The molecule has 0 aliphatic heterocycles. The van der Waals surface area contributed by atoms with Crippen LogP contribution < -0.4 is 0 Å². The van der Waals surface area contributed by atoms with Crippen molar-refractivity contribution in [1.82, 2.24) is 9.97 Å². The zero-order valence-corrected chi connectivity index (χ0v) is 13.8. The summed E-state index contributed by atoms with van der Waals surface area (Å²) in [5.74, 6) is -0.103. The number of aryl methyl sites for hydroxylation is 2. The van der Waals surface area contributed by atoms with Crippen LogP contribution in [0.4, 0.5) is 0 Å². The van der Waals surface area contributed by atoms with Crippen molar-refractivity contribution in [2.75, 3.05) is 6.61 Å². The molecule has 5 heteroatoms. The lowest BCUT2D eigenvalue weighted by atomic mass is 10.0. The van der Waals surface area contributed by atoms with E-state index in [1.165, 1.54) is 0 Å². The molecule has 2 heterocycles. The van der Waals surface area contributed by atoms with Gasteiger partial charge < -0.3 is 19.8 Å². The normalized spacial score (nSPS) is 11.6. The monoisotopic (exact) mass is 322 g/mol. The lowest BCUT2D eigenvalue weighted by Gasteiger charge is -2.02. The molecule has 0 spiro atoms. The van der Waals surface area contributed by atoms with Crippen molar-refractivity contribution in [3.05, 3.63) is 41.1 Å². The quantitative estimate of drug-likeness (QED) is 0.481. The summed E-state index contributed by atoms with van der Waals surface area (Å²) in [7, 11) is 0. The molecule has 0 aliphatic carbocycles. The minimum absolute atomic E-state index is 0.242. The van der Waals surface area contributed by atoms with E-state index >= 15 is 0 Å². The number of benzene rings is 2. The number of hydrogen-bond donors (Lipinski definition) is 3. The average molecular weight is 322 g/mol. The summed E-state index contributed by atoms with van der Waals surface area (Å²) in [5, 5.41) is 13.0. The molecule has 122 valence electrons. The molecule has 5 nitrogen and oxygen atoms in total. The first-order valence-electron chi connectivity index (χ1n) is 7.95. The number of esters is 1. The van der Waals surface area contributed by atoms with Gasteiger partial charge in [0.25, 0.3) is 0 Å². The predicted molar refractivity (Wildman–Crippen MR) is 94.8 cm³/mol. The van der Waals surface area contributed by atoms with Gasteiger partial charge in [-0.15, -0.1) is 0 Å². The molecule has 0 fully saturated rings. The van der Waals surface area contributed by atoms with Crippen molar-refractivity contribution in [3.63, 3.8) is 0 Å². The Kier molecular flexibility index (Phi) is 3.06. The van der Waals surface area contributed by atoms with E-state index in [0.29, 0.717) is 12.3 Å². The van der Waals surface area contributed by atoms with Crippen LogP contribution >= 0.6 is 0 Å². The molecule has 4 rings (SSSR count). The summed E-state index contributed by atoms with van der Waals surface area (Å²) < 4.78 is 5.13. The van der Waals surface area contributed by atoms with E-state index < -0.39 is 0 Å². The van der Waals surface area contributed by atoms with Gasteiger partial charge in [-0.3, -0.25) is 0 Å². The van der Waals surface area contributed by atoms with Crippen LogP contribution in [0.25, 0.3) is 32.7 Å². The van der Waals surface area contributed by atoms with E-state index in [1.807, 2.05) is 32.0 Å². The van der Waals surface area contributed by atoms with Crippen molar-refractivity contribution in [3.8, 4) is 5.75 Å². The highest BCUT2D eigenvalue weighted by atomic mass is 16.5. The zero-order valence-electron chi connectivity index (χ0n) is 13.8. The van der Waals surface area contributed by atoms with Crippen molar-refractivity contribution in [2.24, 2.45) is 0 Å². The number of H-pyrrole nitrogens is 2. The Morgan fingerprint density at radius 2 is 1.92 bits per heavy atom. The summed E-state index contributed by atoms with van der Waals surface area (Å²) in [6.45, 7) is 6.07. The van der Waals surface area contributed by atoms with E-state index in [1.54, 1.807) is 13.0 Å². The van der Waals surface area contributed by atoms with E-state index in [-0.39, 0.29) is 11.7 Å². The van der Waals surface area contributed by atoms with Crippen LogP contribution in [0.2, 0.25) is 0 Å². The molecule has 3 N–H and O–H groups in total. The predicted octanol–water partition coefficient (Wildman–Crippen LogP) is 4.30. The fourth-order valence-corrected chi connectivity index (χ4v) is 3.58. The molecule has 0 amide bonds. The molecule has 0 atom stereocenters. The summed E-state index contributed by atoms with van der Waals surface area (Å²) in [5.41, 5.74) is 5.13. The van der Waals surface area contributed by atoms with Crippen LogP contribution in [0.3, 0.4) is 0 Å². The summed E-state index contributed by atoms with van der Waals surface area (Å²) in [6.07, 6.45) is 0. The van der Waals surface area contributed by atoms with Crippen LogP contribution in [0, 0.1) is 13.8 Å². The maximum Gasteiger partial charge on any atom is 0.355 e. The number of carbonyl (C=O) groups is 1. The van der Waals surface area contributed by atoms with Crippen molar-refractivity contribution < 1.29 is 14.6 Å². The van der Waals surface area contributed by atoms with Gasteiger partial charge in [-0.2, -0.15) is 0 Å². The van der Waals surface area contributed by atoms with Crippen molar-refractivity contribution in [1.29, 1.82) is 0 Å². The van der Waals surface area contributed by atoms with Crippen LogP contribution in [-0.2, 0) is 4.74 Å². The highest BCUT2D eigenvalue weighted by molar-refractivity contribution is 6.16. The number of aromatic hydroxyl groups is 1. The third-order valence-corrected chi connectivity index (χ3v) is 4.64. The molecule has 0 aliphatic rings. The molecular formula is C19H18N2O3. The maximum absolute atomic E-state index is 12.1. The number of carbonyl (C=O) groups excluding carboxylic acids is 1. The number of aromatic nitrogens is 2. The van der Waals surface area contributed by atoms with Crippen molar-refractivity contribution in [2.45, 2.75) is 20.8 Å². The van der Waals surface area contributed by atoms with Crippen LogP contribution in [0.5, 0.6) is 5.75 Å². The highest BCUT2D eigenvalue weighted by Crippen LogP contribution is 2.38. The molecule has 0 bridgehead atoms. The van der Waals surface area contributed by atoms with Gasteiger partial charge in [-0.05, 0) is 50.1 Å². The van der Waals surface area contributed by atoms with Gasteiger partial charge in [0.05, 0.1) is 17.6 Å². The molecule has 24 heavy (non-hydrogen) atoms. The Morgan fingerprint density at radius 3 is 2.67 bits per heavy atom. The molecule has 0 radical (unpaired) electrons. The smallest absolute Gasteiger partial charge is 0.355 e. The van der Waals surface area contributed by atoms with Gasteiger partial charge in [0.2, 0.25) is 0 Å². The number of fused-ring (bicyclic) bond motifs is 4. The van der Waals surface area contributed by atoms with Crippen LogP contribution in [-0.4, -0.2) is 27.7 Å². The van der Waals surface area contributed by atoms with E-state index in [9.17, 15) is 9.90 Å². The Bertz CT molecular complexity index is 1120. The molecule has 0 saturated heterocycles. The molecule has 2 aromatic heterocycles. The van der Waals surface area contributed by atoms with E-state index in [4.69, 9.17) is 4.74 Å². The van der Waals surface area contributed by atoms with Gasteiger partial charge in [-0.1, -0.05) is 6.07 Å². The first-order chi connectivity index (χ1) is 11.5. The number of ether oxygens (including phenoxy) is 1. The number of rotatable bonds is 2. The van der Waals surface area contributed by atoms with Crippen LogP contribution in [0.1, 0.15) is 28.5 Å². The second-order valence-corrected chi connectivity index (χ2v) is 6.02. The summed E-state index contributed by atoms with van der Waals surface area (Å²) in [6, 6.07) is 7.42. The zero-order chi connectivity index (χ0) is 17.0. The van der Waals surface area contributed by atoms with E-state index in [0.717, 1.165) is 43.8 Å². The minimum atomic E-state index is -0.345. The topological polar surface area (TPSA) is 78.1 Å². The number of hydrogen-bond acceptors (Lipinski definition) is 3. The number of aromatic amines is 2. The molecular weight excluding hydrogens is 304 g/mol. The number of nitrogens with one attached hydrogen (secondary N) is 2. The average Bonchev–Trinajstić information content (AvgIpc) is 3.08. The Morgan fingerprint density at radius 1 is 1.12 bits per heavy atom. The summed E-state index contributed by atoms with van der Waals surface area (Å²) in [4.78, 5) is 18.7. The van der Waals surface area contributed by atoms with Gasteiger partial charge >= 0.3 is 5.97 Å². The molecule has 0 unspecified atom stereocenters. The first kappa shape index (κ1) is 14.6. The second kappa shape index (κ2) is 5.03. The fourth-order valence-electron chi connectivity index (χ4n) is 3.58. The lowest BCUT2D eigenvalue weighted by molar-refractivity contribution is 0.0520. The number of phenols is 1. The molecule has 2 aromatic carbocycles. The lowest BCUT2D eigenvalue weighted by Crippen LogP contribution is -2.06. The third kappa shape index (κ3) is 1.84. The van der Waals surface area contributed by atoms with Gasteiger partial charge in [-0.25, -0.2) is 4.79 Å². The SMILES string of the molecule is CCOC(=O)c1[nH]c2cc3c([nH]c4cccc(O)c43)c(C)c2c1C. The Labute approximate surface area is 138 Å². The Balaban J connectivity index is 2.11.